The predicted octanol–water partition coefficient (Wildman–Crippen LogP) is 1.15. The Morgan fingerprint density at radius 3 is 2.89 bits per heavy atom. The summed E-state index contributed by atoms with van der Waals surface area (Å²) >= 11 is 0. The molecule has 102 valence electrons. The maximum Gasteiger partial charge on any atom is 0.223 e. The van der Waals surface area contributed by atoms with Gasteiger partial charge in [0.1, 0.15) is 0 Å². The van der Waals surface area contributed by atoms with Crippen LogP contribution in [0.3, 0.4) is 0 Å². The van der Waals surface area contributed by atoms with E-state index in [0.717, 1.165) is 5.56 Å². The number of hydrogen-bond acceptors (Lipinski definition) is 3. The van der Waals surface area contributed by atoms with Crippen molar-refractivity contribution in [3.8, 4) is 0 Å². The minimum atomic E-state index is -0.196. The molecular weight excluding hydrogens is 240 g/mol. The summed E-state index contributed by atoms with van der Waals surface area (Å²) in [5, 5.41) is 12.4. The third-order valence-corrected chi connectivity index (χ3v) is 4.48. The molecule has 0 aliphatic heterocycles. The number of aliphatic hydroxyl groups is 1. The van der Waals surface area contributed by atoms with Crippen molar-refractivity contribution in [3.63, 3.8) is 0 Å². The zero-order valence-corrected chi connectivity index (χ0v) is 11.0. The van der Waals surface area contributed by atoms with Crippen molar-refractivity contribution >= 4 is 5.91 Å². The average Bonchev–Trinajstić information content (AvgIpc) is 2.93. The van der Waals surface area contributed by atoms with Gasteiger partial charge in [0.05, 0.1) is 12.6 Å². The Balaban J connectivity index is 1.54. The Bertz CT molecular complexity index is 439. The van der Waals surface area contributed by atoms with Crippen molar-refractivity contribution in [1.29, 1.82) is 0 Å². The highest BCUT2D eigenvalue weighted by molar-refractivity contribution is 5.82. The molecule has 3 rings (SSSR count). The average molecular weight is 260 g/mol. The van der Waals surface area contributed by atoms with E-state index in [9.17, 15) is 9.90 Å². The third-order valence-electron chi connectivity index (χ3n) is 4.48. The number of nitrogens with zero attached hydrogens (tertiary/aromatic N) is 1. The number of carbonyl (C=O) groups is 1. The van der Waals surface area contributed by atoms with Gasteiger partial charge in [0, 0.05) is 18.3 Å². The summed E-state index contributed by atoms with van der Waals surface area (Å²) < 4.78 is 0. The molecule has 0 bridgehead atoms. The molecule has 4 atom stereocenters. The number of aliphatic hydroxyl groups excluding tert-OH is 1. The normalized spacial score (nSPS) is 29.6. The Hall–Kier alpha value is -1.42. The highest BCUT2D eigenvalue weighted by atomic mass is 16.3. The molecule has 1 aromatic rings. The van der Waals surface area contributed by atoms with Crippen molar-refractivity contribution in [3.05, 3.63) is 30.1 Å². The second kappa shape index (κ2) is 5.29. The summed E-state index contributed by atoms with van der Waals surface area (Å²) in [7, 11) is 0. The second-order valence-corrected chi connectivity index (χ2v) is 5.74. The molecule has 1 unspecified atom stereocenters. The predicted molar refractivity (Wildman–Crippen MR) is 71.3 cm³/mol. The fourth-order valence-corrected chi connectivity index (χ4v) is 3.47. The van der Waals surface area contributed by atoms with Crippen LogP contribution in [0.15, 0.2) is 24.5 Å². The third kappa shape index (κ3) is 2.63. The van der Waals surface area contributed by atoms with Crippen LogP contribution in [0.1, 0.15) is 24.8 Å². The van der Waals surface area contributed by atoms with E-state index >= 15 is 0 Å². The van der Waals surface area contributed by atoms with Crippen LogP contribution in [-0.4, -0.2) is 28.6 Å². The maximum atomic E-state index is 12.1. The lowest BCUT2D eigenvalue weighted by Crippen LogP contribution is -2.40. The number of amides is 1. The van der Waals surface area contributed by atoms with Crippen LogP contribution in [0.4, 0.5) is 0 Å². The van der Waals surface area contributed by atoms with Crippen molar-refractivity contribution in [2.75, 3.05) is 6.61 Å². The molecule has 0 aromatic carbocycles. The first-order chi connectivity index (χ1) is 9.29. The van der Waals surface area contributed by atoms with Gasteiger partial charge >= 0.3 is 0 Å². The highest BCUT2D eigenvalue weighted by Crippen LogP contribution is 2.57. The van der Waals surface area contributed by atoms with Gasteiger partial charge in [-0.2, -0.15) is 0 Å². The fourth-order valence-electron chi connectivity index (χ4n) is 3.47. The van der Waals surface area contributed by atoms with Crippen LogP contribution in [-0.2, 0) is 11.2 Å². The molecule has 1 amide bonds. The second-order valence-electron chi connectivity index (χ2n) is 5.74. The lowest BCUT2D eigenvalue weighted by Gasteiger charge is -2.17. The van der Waals surface area contributed by atoms with Gasteiger partial charge in [-0.1, -0.05) is 12.5 Å². The van der Waals surface area contributed by atoms with Gasteiger partial charge in [-0.25, -0.2) is 0 Å². The smallest absolute Gasteiger partial charge is 0.223 e. The molecule has 1 heterocycles. The molecule has 2 N–H and O–H groups in total. The zero-order chi connectivity index (χ0) is 13.2. The summed E-state index contributed by atoms with van der Waals surface area (Å²) in [6, 6.07) is 3.64. The van der Waals surface area contributed by atoms with Crippen molar-refractivity contribution in [1.82, 2.24) is 10.3 Å². The first-order valence-electron chi connectivity index (χ1n) is 7.09. The molecule has 19 heavy (non-hydrogen) atoms. The van der Waals surface area contributed by atoms with E-state index in [2.05, 4.69) is 10.3 Å². The van der Waals surface area contributed by atoms with E-state index in [4.69, 9.17) is 0 Å². The number of pyridine rings is 1. The first kappa shape index (κ1) is 12.6. The largest absolute Gasteiger partial charge is 0.394 e. The first-order valence-corrected chi connectivity index (χ1v) is 7.09. The number of aromatic nitrogens is 1. The summed E-state index contributed by atoms with van der Waals surface area (Å²) in [6.45, 7) is -0.0251. The summed E-state index contributed by atoms with van der Waals surface area (Å²) in [5.74, 6) is 1.60. The molecule has 0 saturated heterocycles. The fraction of sp³-hybridized carbons (Fsp3) is 0.600. The van der Waals surface area contributed by atoms with Gasteiger partial charge in [-0.15, -0.1) is 0 Å². The lowest BCUT2D eigenvalue weighted by atomic mass is 10.1. The van der Waals surface area contributed by atoms with Gasteiger partial charge < -0.3 is 10.4 Å². The van der Waals surface area contributed by atoms with Crippen molar-refractivity contribution in [2.45, 2.75) is 31.7 Å². The van der Waals surface area contributed by atoms with Crippen LogP contribution in [0.25, 0.3) is 0 Å². The van der Waals surface area contributed by atoms with Gasteiger partial charge in [0.25, 0.3) is 0 Å². The van der Waals surface area contributed by atoms with Gasteiger partial charge in [0.15, 0.2) is 0 Å². The molecule has 2 aliphatic carbocycles. The van der Waals surface area contributed by atoms with Gasteiger partial charge in [0.2, 0.25) is 5.91 Å². The monoisotopic (exact) mass is 260 g/mol. The van der Waals surface area contributed by atoms with E-state index in [0.29, 0.717) is 18.3 Å². The highest BCUT2D eigenvalue weighted by Gasteiger charge is 2.56. The summed E-state index contributed by atoms with van der Waals surface area (Å²) in [6.07, 6.45) is 7.82. The summed E-state index contributed by atoms with van der Waals surface area (Å²) in [5.41, 5.74) is 1.04. The molecule has 2 fully saturated rings. The Kier molecular flexibility index (Phi) is 3.51. The molecular formula is C15H20N2O2. The standard InChI is InChI=1S/C15H20N2O2/c18-9-11(7-10-3-2-6-16-8-10)17-15(19)14-12-4-1-5-13(12)14/h2-3,6,8,11-14,18H,1,4-5,7,9H2,(H,17,19)/t11-,12-,13+,14?/m1/s1. The van der Waals surface area contributed by atoms with Crippen molar-refractivity contribution in [2.24, 2.45) is 17.8 Å². The molecule has 2 saturated carbocycles. The summed E-state index contributed by atoms with van der Waals surface area (Å²) in [4.78, 5) is 16.2. The minimum Gasteiger partial charge on any atom is -0.394 e. The van der Waals surface area contributed by atoms with E-state index in [1.807, 2.05) is 12.1 Å². The molecule has 4 heteroatoms. The zero-order valence-electron chi connectivity index (χ0n) is 11.0. The quantitative estimate of drug-likeness (QED) is 0.834. The van der Waals surface area contributed by atoms with Crippen LogP contribution in [0.2, 0.25) is 0 Å². The molecule has 1 aromatic heterocycles. The molecule has 2 aliphatic rings. The number of nitrogens with one attached hydrogen (secondary N) is 1. The SMILES string of the molecule is O=C(N[C@@H](CO)Cc1cccnc1)C1[C@H]2CCC[C@@H]12. The topological polar surface area (TPSA) is 62.2 Å². The molecule has 0 spiro atoms. The maximum absolute atomic E-state index is 12.1. The Labute approximate surface area is 113 Å². The Morgan fingerprint density at radius 2 is 2.26 bits per heavy atom. The minimum absolute atomic E-state index is 0.0251. The van der Waals surface area contributed by atoms with Crippen LogP contribution in [0, 0.1) is 17.8 Å². The van der Waals surface area contributed by atoms with E-state index in [-0.39, 0.29) is 24.5 Å². The molecule has 0 radical (unpaired) electrons. The number of carbonyl (C=O) groups excluding carboxylic acids is 1. The van der Waals surface area contributed by atoms with E-state index in [1.54, 1.807) is 12.4 Å². The van der Waals surface area contributed by atoms with Crippen LogP contribution >= 0.6 is 0 Å². The Morgan fingerprint density at radius 1 is 1.47 bits per heavy atom. The van der Waals surface area contributed by atoms with Crippen LogP contribution in [0.5, 0.6) is 0 Å². The number of hydrogen-bond donors (Lipinski definition) is 2. The number of fused-ring (bicyclic) bond motifs is 1. The number of rotatable bonds is 5. The van der Waals surface area contributed by atoms with Gasteiger partial charge in [-0.05, 0) is 42.7 Å². The van der Waals surface area contributed by atoms with Crippen molar-refractivity contribution < 1.29 is 9.90 Å². The van der Waals surface area contributed by atoms with Crippen LogP contribution < -0.4 is 5.32 Å². The van der Waals surface area contributed by atoms with E-state index < -0.39 is 0 Å². The van der Waals surface area contributed by atoms with Gasteiger partial charge in [-0.3, -0.25) is 9.78 Å². The molecule has 4 nitrogen and oxygen atoms in total. The lowest BCUT2D eigenvalue weighted by molar-refractivity contribution is -0.124. The van der Waals surface area contributed by atoms with E-state index in [1.165, 1.54) is 19.3 Å².